The molecule has 1 saturated heterocycles. The van der Waals surface area contributed by atoms with E-state index < -0.39 is 11.4 Å². The largest absolute Gasteiger partial charge is 0.481 e. The second-order valence-electron chi connectivity index (χ2n) is 5.51. The maximum Gasteiger partial charge on any atom is 0.310 e. The van der Waals surface area contributed by atoms with E-state index in [0.29, 0.717) is 6.54 Å². The Balaban J connectivity index is 2.55. The van der Waals surface area contributed by atoms with Crippen LogP contribution in [0.1, 0.15) is 27.7 Å². The molecule has 0 saturated carbocycles. The van der Waals surface area contributed by atoms with E-state index in [2.05, 4.69) is 18.7 Å². The van der Waals surface area contributed by atoms with E-state index in [-0.39, 0.29) is 4.75 Å². The summed E-state index contributed by atoms with van der Waals surface area (Å²) in [7, 11) is 0. The number of hydrogen-bond acceptors (Lipinski definition) is 3. The Labute approximate surface area is 96.2 Å². The molecule has 3 nitrogen and oxygen atoms in total. The lowest BCUT2D eigenvalue weighted by atomic mass is 9.92. The number of aliphatic carboxylic acids is 1. The third-order valence-electron chi connectivity index (χ3n) is 2.70. The summed E-state index contributed by atoms with van der Waals surface area (Å²) >= 11 is 1.97. The van der Waals surface area contributed by atoms with Crippen LogP contribution < -0.4 is 0 Å². The minimum atomic E-state index is -0.710. The van der Waals surface area contributed by atoms with Gasteiger partial charge in [0.25, 0.3) is 0 Å². The lowest BCUT2D eigenvalue weighted by Gasteiger charge is -2.40. The van der Waals surface area contributed by atoms with Crippen molar-refractivity contribution in [2.75, 3.05) is 25.4 Å². The van der Waals surface area contributed by atoms with Crippen LogP contribution in [-0.2, 0) is 4.79 Å². The van der Waals surface area contributed by atoms with Gasteiger partial charge in [0.05, 0.1) is 5.41 Å². The SMILES string of the molecule is CC1(C)CN(CC(C)(C)C(=O)O)CCS1. The van der Waals surface area contributed by atoms with Crippen molar-refractivity contribution < 1.29 is 9.90 Å². The van der Waals surface area contributed by atoms with E-state index in [0.717, 1.165) is 18.8 Å². The molecule has 4 heteroatoms. The highest BCUT2D eigenvalue weighted by Gasteiger charge is 2.34. The quantitative estimate of drug-likeness (QED) is 0.805. The maximum absolute atomic E-state index is 11.0. The Hall–Kier alpha value is -0.220. The third kappa shape index (κ3) is 3.68. The summed E-state index contributed by atoms with van der Waals surface area (Å²) < 4.78 is 0.257. The molecule has 0 bridgehead atoms. The number of carboxylic acids is 1. The predicted octanol–water partition coefficient (Wildman–Crippen LogP) is 1.92. The van der Waals surface area contributed by atoms with Crippen LogP contribution in [0.5, 0.6) is 0 Å². The first-order valence-corrected chi connectivity index (χ1v) is 6.31. The zero-order valence-electron chi connectivity index (χ0n) is 10.0. The van der Waals surface area contributed by atoms with Gasteiger partial charge in [0.15, 0.2) is 0 Å². The standard InChI is InChI=1S/C11H21NO2S/c1-10(2,9(13)14)7-12-5-6-15-11(3,4)8-12/h5-8H2,1-4H3,(H,13,14). The van der Waals surface area contributed by atoms with E-state index in [4.69, 9.17) is 5.11 Å². The van der Waals surface area contributed by atoms with Crippen molar-refractivity contribution in [1.29, 1.82) is 0 Å². The molecular weight excluding hydrogens is 210 g/mol. The summed E-state index contributed by atoms with van der Waals surface area (Å²) in [5.41, 5.74) is -0.641. The Bertz CT molecular complexity index is 251. The zero-order valence-corrected chi connectivity index (χ0v) is 10.9. The van der Waals surface area contributed by atoms with Crippen molar-refractivity contribution >= 4 is 17.7 Å². The van der Waals surface area contributed by atoms with Crippen molar-refractivity contribution in [3.05, 3.63) is 0 Å². The lowest BCUT2D eigenvalue weighted by molar-refractivity contribution is -0.148. The van der Waals surface area contributed by atoms with Gasteiger partial charge in [-0.05, 0) is 27.7 Å². The highest BCUT2D eigenvalue weighted by Crippen LogP contribution is 2.31. The molecule has 1 fully saturated rings. The smallest absolute Gasteiger partial charge is 0.310 e. The molecule has 0 atom stereocenters. The van der Waals surface area contributed by atoms with Crippen LogP contribution in [0, 0.1) is 5.41 Å². The summed E-state index contributed by atoms with van der Waals surface area (Å²) in [6.07, 6.45) is 0. The lowest BCUT2D eigenvalue weighted by Crippen LogP contribution is -2.48. The molecule has 0 aliphatic carbocycles. The van der Waals surface area contributed by atoms with Crippen LogP contribution in [0.25, 0.3) is 0 Å². The molecule has 1 heterocycles. The first-order chi connectivity index (χ1) is 6.73. The highest BCUT2D eigenvalue weighted by atomic mass is 32.2. The molecule has 0 radical (unpaired) electrons. The van der Waals surface area contributed by atoms with Crippen molar-refractivity contribution in [2.24, 2.45) is 5.41 Å². The third-order valence-corrected chi connectivity index (χ3v) is 4.00. The van der Waals surface area contributed by atoms with Crippen molar-refractivity contribution in [1.82, 2.24) is 4.90 Å². The topological polar surface area (TPSA) is 40.5 Å². The Morgan fingerprint density at radius 2 is 2.13 bits per heavy atom. The Morgan fingerprint density at radius 1 is 1.53 bits per heavy atom. The Kier molecular flexibility index (Phi) is 3.71. The molecule has 0 aromatic heterocycles. The van der Waals surface area contributed by atoms with E-state index in [9.17, 15) is 4.79 Å². The molecule has 1 N–H and O–H groups in total. The maximum atomic E-state index is 11.0. The average Bonchev–Trinajstić information content (AvgIpc) is 2.00. The monoisotopic (exact) mass is 231 g/mol. The van der Waals surface area contributed by atoms with Gasteiger partial charge in [-0.15, -0.1) is 0 Å². The van der Waals surface area contributed by atoms with Gasteiger partial charge in [-0.3, -0.25) is 4.79 Å². The van der Waals surface area contributed by atoms with Gasteiger partial charge in [0, 0.05) is 30.1 Å². The molecule has 0 amide bonds. The summed E-state index contributed by atoms with van der Waals surface area (Å²) in [6.45, 7) is 10.7. The molecule has 1 rings (SSSR count). The minimum absolute atomic E-state index is 0.257. The van der Waals surface area contributed by atoms with E-state index in [1.54, 1.807) is 13.8 Å². The summed E-state index contributed by atoms with van der Waals surface area (Å²) in [6, 6.07) is 0. The van der Waals surface area contributed by atoms with E-state index in [1.807, 2.05) is 11.8 Å². The number of carbonyl (C=O) groups is 1. The molecule has 88 valence electrons. The zero-order chi connectivity index (χ0) is 11.7. The molecule has 0 aromatic rings. The minimum Gasteiger partial charge on any atom is -0.481 e. The van der Waals surface area contributed by atoms with Crippen molar-refractivity contribution in [2.45, 2.75) is 32.4 Å². The number of hydrogen-bond donors (Lipinski definition) is 1. The fourth-order valence-electron chi connectivity index (χ4n) is 1.88. The molecule has 15 heavy (non-hydrogen) atoms. The van der Waals surface area contributed by atoms with Crippen LogP contribution in [0.4, 0.5) is 0 Å². The predicted molar refractivity (Wildman–Crippen MR) is 64.4 cm³/mol. The van der Waals surface area contributed by atoms with Gasteiger partial charge in [-0.2, -0.15) is 11.8 Å². The van der Waals surface area contributed by atoms with E-state index >= 15 is 0 Å². The van der Waals surface area contributed by atoms with Crippen molar-refractivity contribution in [3.63, 3.8) is 0 Å². The first-order valence-electron chi connectivity index (χ1n) is 5.33. The van der Waals surface area contributed by atoms with Gasteiger partial charge in [0.1, 0.15) is 0 Å². The fraction of sp³-hybridized carbons (Fsp3) is 0.909. The van der Waals surface area contributed by atoms with Crippen LogP contribution in [0.3, 0.4) is 0 Å². The number of carboxylic acid groups (broad SMARTS) is 1. The van der Waals surface area contributed by atoms with Gasteiger partial charge >= 0.3 is 5.97 Å². The van der Waals surface area contributed by atoms with E-state index in [1.165, 1.54) is 0 Å². The molecule has 0 unspecified atom stereocenters. The summed E-state index contributed by atoms with van der Waals surface area (Å²) in [5, 5.41) is 9.07. The molecule has 1 aliphatic heterocycles. The summed E-state index contributed by atoms with van der Waals surface area (Å²) in [5.74, 6) is 0.390. The van der Waals surface area contributed by atoms with Crippen LogP contribution >= 0.6 is 11.8 Å². The van der Waals surface area contributed by atoms with Crippen molar-refractivity contribution in [3.8, 4) is 0 Å². The van der Waals surface area contributed by atoms with Crippen LogP contribution in [-0.4, -0.2) is 46.1 Å². The second-order valence-corrected chi connectivity index (χ2v) is 7.31. The van der Waals surface area contributed by atoms with Gasteiger partial charge in [0.2, 0.25) is 0 Å². The number of nitrogens with zero attached hydrogens (tertiary/aromatic N) is 1. The molecular formula is C11H21NO2S. The first kappa shape index (κ1) is 12.8. The van der Waals surface area contributed by atoms with Gasteiger partial charge < -0.3 is 10.0 Å². The van der Waals surface area contributed by atoms with Crippen LogP contribution in [0.15, 0.2) is 0 Å². The highest BCUT2D eigenvalue weighted by molar-refractivity contribution is 8.00. The molecule has 1 aliphatic rings. The van der Waals surface area contributed by atoms with Gasteiger partial charge in [-0.25, -0.2) is 0 Å². The molecule has 0 spiro atoms. The number of rotatable bonds is 3. The van der Waals surface area contributed by atoms with Crippen LogP contribution in [0.2, 0.25) is 0 Å². The number of thioether (sulfide) groups is 1. The fourth-order valence-corrected chi connectivity index (χ4v) is 3.05. The molecule has 0 aromatic carbocycles. The second kappa shape index (κ2) is 4.34. The Morgan fingerprint density at radius 3 is 2.60 bits per heavy atom. The average molecular weight is 231 g/mol. The normalized spacial score (nSPS) is 22.7. The van der Waals surface area contributed by atoms with Gasteiger partial charge in [-0.1, -0.05) is 0 Å². The summed E-state index contributed by atoms with van der Waals surface area (Å²) in [4.78, 5) is 13.3.